The zero-order valence-electron chi connectivity index (χ0n) is 12.9. The van der Waals surface area contributed by atoms with Crippen molar-refractivity contribution in [1.82, 2.24) is 14.8 Å². The second kappa shape index (κ2) is 5.20. The van der Waals surface area contributed by atoms with Gasteiger partial charge in [-0.3, -0.25) is 4.68 Å². The number of aromatic nitrogens is 3. The molecule has 2 aromatic heterocycles. The molecule has 1 aromatic carbocycles. The van der Waals surface area contributed by atoms with Crippen LogP contribution in [-0.2, 0) is 13.6 Å². The summed E-state index contributed by atoms with van der Waals surface area (Å²) in [5.41, 5.74) is 5.68. The van der Waals surface area contributed by atoms with E-state index < -0.39 is 0 Å². The summed E-state index contributed by atoms with van der Waals surface area (Å²) in [6, 6.07) is 10.4. The Labute approximate surface area is 124 Å². The molecule has 0 radical (unpaired) electrons. The highest BCUT2D eigenvalue weighted by atomic mass is 15.3. The van der Waals surface area contributed by atoms with Crippen LogP contribution in [0.3, 0.4) is 0 Å². The summed E-state index contributed by atoms with van der Waals surface area (Å²) >= 11 is 0. The number of benzene rings is 1. The minimum Gasteiger partial charge on any atom is -0.366 e. The SMILES string of the molecule is Cc1cc2ccccc2nc1NCc1c(C)nn(C)c1C. The fraction of sp³-hybridized carbons (Fsp3) is 0.294. The molecular formula is C17H20N4. The molecule has 0 amide bonds. The van der Waals surface area contributed by atoms with E-state index in [1.165, 1.54) is 16.6 Å². The van der Waals surface area contributed by atoms with E-state index >= 15 is 0 Å². The van der Waals surface area contributed by atoms with E-state index in [-0.39, 0.29) is 0 Å². The molecule has 1 N–H and O–H groups in total. The highest BCUT2D eigenvalue weighted by molar-refractivity contribution is 5.81. The van der Waals surface area contributed by atoms with Crippen LogP contribution >= 0.6 is 0 Å². The quantitative estimate of drug-likeness (QED) is 0.798. The molecule has 3 aromatic rings. The Morgan fingerprint density at radius 3 is 2.62 bits per heavy atom. The lowest BCUT2D eigenvalue weighted by atomic mass is 10.1. The molecule has 0 bridgehead atoms. The predicted octanol–water partition coefficient (Wildman–Crippen LogP) is 3.51. The van der Waals surface area contributed by atoms with Crippen LogP contribution in [0.2, 0.25) is 0 Å². The van der Waals surface area contributed by atoms with Crippen LogP contribution in [0.5, 0.6) is 0 Å². The van der Waals surface area contributed by atoms with Gasteiger partial charge in [-0.25, -0.2) is 4.98 Å². The van der Waals surface area contributed by atoms with Crippen LogP contribution in [0.1, 0.15) is 22.5 Å². The van der Waals surface area contributed by atoms with Gasteiger partial charge in [0.15, 0.2) is 0 Å². The van der Waals surface area contributed by atoms with Crippen molar-refractivity contribution in [3.05, 3.63) is 52.8 Å². The Hall–Kier alpha value is -2.36. The van der Waals surface area contributed by atoms with Crippen molar-refractivity contribution in [2.24, 2.45) is 7.05 Å². The third-order valence-corrected chi connectivity index (χ3v) is 4.01. The van der Waals surface area contributed by atoms with Gasteiger partial charge in [-0.1, -0.05) is 18.2 Å². The Morgan fingerprint density at radius 2 is 1.90 bits per heavy atom. The third-order valence-electron chi connectivity index (χ3n) is 4.01. The smallest absolute Gasteiger partial charge is 0.129 e. The lowest BCUT2D eigenvalue weighted by Crippen LogP contribution is -2.05. The van der Waals surface area contributed by atoms with Crippen molar-refractivity contribution in [2.75, 3.05) is 5.32 Å². The summed E-state index contributed by atoms with van der Waals surface area (Å²) in [6.07, 6.45) is 0. The van der Waals surface area contributed by atoms with Crippen molar-refractivity contribution in [1.29, 1.82) is 0 Å². The fourth-order valence-corrected chi connectivity index (χ4v) is 2.65. The zero-order chi connectivity index (χ0) is 15.0. The van der Waals surface area contributed by atoms with Gasteiger partial charge in [0.1, 0.15) is 5.82 Å². The highest BCUT2D eigenvalue weighted by Gasteiger charge is 2.10. The number of nitrogens with zero attached hydrogens (tertiary/aromatic N) is 3. The monoisotopic (exact) mass is 280 g/mol. The minimum absolute atomic E-state index is 0.748. The molecule has 108 valence electrons. The molecule has 2 heterocycles. The first-order chi connectivity index (χ1) is 10.1. The van der Waals surface area contributed by atoms with Gasteiger partial charge in [-0.05, 0) is 38.5 Å². The average molecular weight is 280 g/mol. The maximum absolute atomic E-state index is 4.72. The Morgan fingerprint density at radius 1 is 1.14 bits per heavy atom. The van der Waals surface area contributed by atoms with Crippen molar-refractivity contribution < 1.29 is 0 Å². The maximum atomic E-state index is 4.72. The molecule has 21 heavy (non-hydrogen) atoms. The van der Waals surface area contributed by atoms with Crippen molar-refractivity contribution in [3.63, 3.8) is 0 Å². The van der Waals surface area contributed by atoms with Crippen molar-refractivity contribution >= 4 is 16.7 Å². The third kappa shape index (κ3) is 2.49. The molecule has 0 aliphatic heterocycles. The van der Waals surface area contributed by atoms with Gasteiger partial charge >= 0.3 is 0 Å². The van der Waals surface area contributed by atoms with Crippen LogP contribution in [0.4, 0.5) is 5.82 Å². The second-order valence-electron chi connectivity index (χ2n) is 5.47. The van der Waals surface area contributed by atoms with E-state index in [9.17, 15) is 0 Å². The molecule has 0 saturated heterocycles. The lowest BCUT2D eigenvalue weighted by Gasteiger charge is -2.10. The zero-order valence-corrected chi connectivity index (χ0v) is 12.9. The first-order valence-electron chi connectivity index (χ1n) is 7.15. The highest BCUT2D eigenvalue weighted by Crippen LogP contribution is 2.21. The summed E-state index contributed by atoms with van der Waals surface area (Å²) in [5.74, 6) is 0.941. The number of rotatable bonds is 3. The largest absolute Gasteiger partial charge is 0.366 e. The molecule has 0 saturated carbocycles. The van der Waals surface area contributed by atoms with Crippen LogP contribution in [0.25, 0.3) is 10.9 Å². The first-order valence-corrected chi connectivity index (χ1v) is 7.15. The molecule has 0 fully saturated rings. The minimum atomic E-state index is 0.748. The number of para-hydroxylation sites is 1. The molecule has 3 rings (SSSR count). The number of pyridine rings is 1. The molecule has 0 atom stereocenters. The molecule has 4 heteroatoms. The number of hydrogen-bond donors (Lipinski definition) is 1. The van der Waals surface area contributed by atoms with Crippen molar-refractivity contribution in [3.8, 4) is 0 Å². The number of fused-ring (bicyclic) bond motifs is 1. The standard InChI is InChI=1S/C17H20N4/c1-11-9-14-7-5-6-8-16(14)19-17(11)18-10-15-12(2)20-21(4)13(15)3/h5-9H,10H2,1-4H3,(H,18,19). The normalized spacial score (nSPS) is 11.0. The number of hydrogen-bond acceptors (Lipinski definition) is 3. The van der Waals surface area contributed by atoms with Gasteiger partial charge in [-0.2, -0.15) is 5.10 Å². The molecular weight excluding hydrogens is 260 g/mol. The van der Waals surface area contributed by atoms with Gasteiger partial charge in [0, 0.05) is 30.2 Å². The van der Waals surface area contributed by atoms with E-state index in [1.807, 2.05) is 36.9 Å². The van der Waals surface area contributed by atoms with Gasteiger partial charge in [-0.15, -0.1) is 0 Å². The summed E-state index contributed by atoms with van der Waals surface area (Å²) < 4.78 is 1.92. The Balaban J connectivity index is 1.89. The van der Waals surface area contributed by atoms with Crippen LogP contribution in [-0.4, -0.2) is 14.8 Å². The second-order valence-corrected chi connectivity index (χ2v) is 5.47. The molecule has 0 aliphatic rings. The van der Waals surface area contributed by atoms with Gasteiger partial charge in [0.2, 0.25) is 0 Å². The molecule has 4 nitrogen and oxygen atoms in total. The molecule has 0 aliphatic carbocycles. The van der Waals surface area contributed by atoms with Gasteiger partial charge < -0.3 is 5.32 Å². The van der Waals surface area contributed by atoms with E-state index in [2.05, 4.69) is 36.4 Å². The van der Waals surface area contributed by atoms with Crippen molar-refractivity contribution in [2.45, 2.75) is 27.3 Å². The van der Waals surface area contributed by atoms with Crippen LogP contribution < -0.4 is 5.32 Å². The Kier molecular flexibility index (Phi) is 3.37. The van der Waals surface area contributed by atoms with Crippen LogP contribution in [0.15, 0.2) is 30.3 Å². The van der Waals surface area contributed by atoms with E-state index in [0.29, 0.717) is 0 Å². The predicted molar refractivity (Wildman–Crippen MR) is 86.5 cm³/mol. The van der Waals surface area contributed by atoms with Crippen LogP contribution in [0, 0.1) is 20.8 Å². The summed E-state index contributed by atoms with van der Waals surface area (Å²) in [4.78, 5) is 4.72. The van der Waals surface area contributed by atoms with E-state index in [0.717, 1.165) is 29.1 Å². The van der Waals surface area contributed by atoms with Gasteiger partial charge in [0.05, 0.1) is 11.2 Å². The fourth-order valence-electron chi connectivity index (χ4n) is 2.65. The van der Waals surface area contributed by atoms with Gasteiger partial charge in [0.25, 0.3) is 0 Å². The average Bonchev–Trinajstić information content (AvgIpc) is 2.70. The maximum Gasteiger partial charge on any atom is 0.129 e. The lowest BCUT2D eigenvalue weighted by molar-refractivity contribution is 0.730. The number of anilines is 1. The number of nitrogens with one attached hydrogen (secondary N) is 1. The number of aryl methyl sites for hydroxylation is 3. The van der Waals surface area contributed by atoms with E-state index in [1.54, 1.807) is 0 Å². The Bertz CT molecular complexity index is 802. The van der Waals surface area contributed by atoms with E-state index in [4.69, 9.17) is 4.98 Å². The molecule has 0 spiro atoms. The first kappa shape index (κ1) is 13.6. The summed E-state index contributed by atoms with van der Waals surface area (Å²) in [6.45, 7) is 6.98. The molecule has 0 unspecified atom stereocenters. The summed E-state index contributed by atoms with van der Waals surface area (Å²) in [5, 5.41) is 9.08. The topological polar surface area (TPSA) is 42.7 Å². The summed E-state index contributed by atoms with van der Waals surface area (Å²) in [7, 11) is 1.98.